The fraction of sp³-hybridized carbons (Fsp3) is 0.241. The number of carbonyl (C=O) groups excluding carboxylic acids is 3. The highest BCUT2D eigenvalue weighted by molar-refractivity contribution is 7.17. The lowest BCUT2D eigenvalue weighted by Crippen LogP contribution is -2.29. The van der Waals surface area contributed by atoms with Gasteiger partial charge in [-0.3, -0.25) is 14.5 Å². The first-order valence-electron chi connectivity index (χ1n) is 12.2. The molecule has 0 saturated carbocycles. The van der Waals surface area contributed by atoms with Crippen LogP contribution in [0.5, 0.6) is 5.75 Å². The first kappa shape index (κ1) is 27.7. The van der Waals surface area contributed by atoms with E-state index in [1.54, 1.807) is 38.1 Å². The highest BCUT2D eigenvalue weighted by atomic mass is 32.1. The number of rotatable bonds is 9. The molecule has 0 aliphatic carbocycles. The van der Waals surface area contributed by atoms with Crippen LogP contribution in [0.1, 0.15) is 51.4 Å². The second kappa shape index (κ2) is 11.6. The zero-order valence-electron chi connectivity index (χ0n) is 21.7. The number of benzene rings is 2. The van der Waals surface area contributed by atoms with Gasteiger partial charge in [-0.1, -0.05) is 49.1 Å². The van der Waals surface area contributed by atoms with Gasteiger partial charge in [0.25, 0.3) is 5.78 Å². The number of anilines is 1. The molecule has 8 nitrogen and oxygen atoms in total. The Labute approximate surface area is 229 Å². The number of aromatic nitrogens is 1. The normalized spacial score (nSPS) is 16.4. The largest absolute Gasteiger partial charge is 0.507 e. The van der Waals surface area contributed by atoms with Crippen LogP contribution in [0.15, 0.2) is 60.7 Å². The number of halogens is 1. The van der Waals surface area contributed by atoms with E-state index in [1.165, 1.54) is 24.3 Å². The van der Waals surface area contributed by atoms with Crippen molar-refractivity contribution < 1.29 is 33.4 Å². The minimum atomic E-state index is -1.33. The number of ether oxygens (including phenoxy) is 2. The van der Waals surface area contributed by atoms with Crippen LogP contribution in [0.25, 0.3) is 5.76 Å². The molecule has 1 atom stereocenters. The molecule has 1 aliphatic heterocycles. The number of hydrogen-bond acceptors (Lipinski definition) is 8. The molecule has 1 saturated heterocycles. The highest BCUT2D eigenvalue weighted by Crippen LogP contribution is 2.45. The Morgan fingerprint density at radius 3 is 2.64 bits per heavy atom. The molecule has 1 fully saturated rings. The minimum Gasteiger partial charge on any atom is -0.507 e. The molecule has 0 radical (unpaired) electrons. The van der Waals surface area contributed by atoms with Crippen molar-refractivity contribution in [3.8, 4) is 5.75 Å². The van der Waals surface area contributed by atoms with Crippen molar-refractivity contribution in [2.24, 2.45) is 0 Å². The number of aliphatic hydroxyl groups excluding tert-OH is 1. The number of carbonyl (C=O) groups is 3. The molecule has 0 spiro atoms. The lowest BCUT2D eigenvalue weighted by Gasteiger charge is -2.23. The fourth-order valence-electron chi connectivity index (χ4n) is 4.25. The Kier molecular flexibility index (Phi) is 8.25. The number of ketones is 1. The van der Waals surface area contributed by atoms with Crippen molar-refractivity contribution >= 4 is 39.9 Å². The zero-order chi connectivity index (χ0) is 28.3. The molecule has 0 bridgehead atoms. The molecular formula is C29H27FN2O6S. The third kappa shape index (κ3) is 5.33. The van der Waals surface area contributed by atoms with Crippen LogP contribution < -0.4 is 9.64 Å². The highest BCUT2D eigenvalue weighted by Gasteiger charge is 2.49. The van der Waals surface area contributed by atoms with Gasteiger partial charge in [-0.25, -0.2) is 14.2 Å². The third-order valence-corrected chi connectivity index (χ3v) is 7.22. The van der Waals surface area contributed by atoms with Crippen molar-refractivity contribution in [2.45, 2.75) is 33.2 Å². The summed E-state index contributed by atoms with van der Waals surface area (Å²) < 4.78 is 25.9. The Morgan fingerprint density at radius 2 is 1.97 bits per heavy atom. The molecule has 3 aromatic rings. The van der Waals surface area contributed by atoms with E-state index in [9.17, 15) is 19.5 Å². The van der Waals surface area contributed by atoms with E-state index in [-0.39, 0.29) is 33.4 Å². The van der Waals surface area contributed by atoms with Crippen molar-refractivity contribution in [3.05, 3.63) is 93.8 Å². The molecule has 1 aromatic heterocycles. The van der Waals surface area contributed by atoms with E-state index in [0.29, 0.717) is 23.5 Å². The lowest BCUT2D eigenvalue weighted by molar-refractivity contribution is -0.132. The van der Waals surface area contributed by atoms with Crippen LogP contribution in [0.4, 0.5) is 9.52 Å². The summed E-state index contributed by atoms with van der Waals surface area (Å²) in [6.45, 7) is 9.27. The van der Waals surface area contributed by atoms with E-state index >= 15 is 4.39 Å². The summed E-state index contributed by atoms with van der Waals surface area (Å²) in [5.41, 5.74) is 0.859. The molecular weight excluding hydrogens is 523 g/mol. The second-order valence-electron chi connectivity index (χ2n) is 8.81. The zero-order valence-corrected chi connectivity index (χ0v) is 22.5. The molecule has 2 aromatic carbocycles. The lowest BCUT2D eigenvalue weighted by atomic mass is 9.93. The molecule has 1 aliphatic rings. The molecule has 10 heteroatoms. The van der Waals surface area contributed by atoms with Gasteiger partial charge in [-0.2, -0.15) is 0 Å². The van der Waals surface area contributed by atoms with Crippen LogP contribution in [-0.4, -0.2) is 41.0 Å². The molecule has 2 heterocycles. The Morgan fingerprint density at radius 1 is 1.23 bits per heavy atom. The van der Waals surface area contributed by atoms with E-state index < -0.39 is 35.3 Å². The topological polar surface area (TPSA) is 106 Å². The summed E-state index contributed by atoms with van der Waals surface area (Å²) in [5.74, 6) is -3.23. The molecule has 0 unspecified atom stereocenters. The maximum Gasteiger partial charge on any atom is 0.350 e. The fourth-order valence-corrected chi connectivity index (χ4v) is 5.24. The third-order valence-electron chi connectivity index (χ3n) is 6.08. The van der Waals surface area contributed by atoms with Gasteiger partial charge in [0.1, 0.15) is 34.9 Å². The molecule has 4 rings (SSSR count). The van der Waals surface area contributed by atoms with Gasteiger partial charge in [0.15, 0.2) is 5.13 Å². The number of aryl methyl sites for hydroxylation is 2. The maximum absolute atomic E-state index is 15.2. The predicted molar refractivity (Wildman–Crippen MR) is 145 cm³/mol. The molecule has 1 amide bonds. The monoisotopic (exact) mass is 550 g/mol. The minimum absolute atomic E-state index is 0.00695. The number of hydrogen-bond donors (Lipinski definition) is 1. The van der Waals surface area contributed by atoms with Crippen LogP contribution in [0.2, 0.25) is 0 Å². The van der Waals surface area contributed by atoms with E-state index in [0.717, 1.165) is 22.7 Å². The van der Waals surface area contributed by atoms with Crippen molar-refractivity contribution in [1.29, 1.82) is 0 Å². The Balaban J connectivity index is 1.87. The SMILES string of the molecule is C=CCOC(=O)c1sc(N2C(=O)C(=O)C(=C(O)c3ccc(OCCC)cc3C)[C@@H]2c2ccccc2F)nc1C. The molecule has 1 N–H and O–H groups in total. The number of Topliss-reactive ketones (excluding diaryl/α,β-unsaturated/α-hetero) is 1. The number of nitrogens with zero attached hydrogens (tertiary/aromatic N) is 2. The summed E-state index contributed by atoms with van der Waals surface area (Å²) in [6, 6.07) is 9.29. The average Bonchev–Trinajstić information content (AvgIpc) is 3.42. The van der Waals surface area contributed by atoms with Gasteiger partial charge in [-0.05, 0) is 50.1 Å². The van der Waals surface area contributed by atoms with Crippen LogP contribution in [-0.2, 0) is 14.3 Å². The number of aliphatic hydroxyl groups is 1. The van der Waals surface area contributed by atoms with Crippen LogP contribution in [0, 0.1) is 19.7 Å². The number of amides is 1. The summed E-state index contributed by atoms with van der Waals surface area (Å²) in [7, 11) is 0. The number of esters is 1. The van der Waals surface area contributed by atoms with Crippen molar-refractivity contribution in [2.75, 3.05) is 18.1 Å². The van der Waals surface area contributed by atoms with E-state index in [1.807, 2.05) is 6.92 Å². The standard InChI is InChI=1S/C29H27FN2O6S/c1-5-13-37-18-11-12-19(16(3)15-18)24(33)22-23(20-9-7-8-10-21(20)30)32(27(35)25(22)34)29-31-17(4)26(39-29)28(36)38-14-6-2/h6-12,15,23,33H,2,5,13-14H2,1,3-4H3/t23-/m0/s1. The smallest absolute Gasteiger partial charge is 0.350 e. The summed E-state index contributed by atoms with van der Waals surface area (Å²) in [4.78, 5) is 44.8. The van der Waals surface area contributed by atoms with Crippen molar-refractivity contribution in [1.82, 2.24) is 4.98 Å². The summed E-state index contributed by atoms with van der Waals surface area (Å²) in [6.07, 6.45) is 2.23. The van der Waals surface area contributed by atoms with Gasteiger partial charge in [0, 0.05) is 11.1 Å². The number of thiazole rings is 1. The van der Waals surface area contributed by atoms with Gasteiger partial charge in [0.05, 0.1) is 17.9 Å². The van der Waals surface area contributed by atoms with Gasteiger partial charge in [-0.15, -0.1) is 0 Å². The van der Waals surface area contributed by atoms with Crippen molar-refractivity contribution in [3.63, 3.8) is 0 Å². The second-order valence-corrected chi connectivity index (χ2v) is 9.79. The molecule has 202 valence electrons. The summed E-state index contributed by atoms with van der Waals surface area (Å²) >= 11 is 0.837. The first-order valence-corrected chi connectivity index (χ1v) is 13.1. The first-order chi connectivity index (χ1) is 18.7. The van der Waals surface area contributed by atoms with Crippen LogP contribution >= 0.6 is 11.3 Å². The Bertz CT molecular complexity index is 1490. The average molecular weight is 551 g/mol. The van der Waals surface area contributed by atoms with E-state index in [4.69, 9.17) is 9.47 Å². The van der Waals surface area contributed by atoms with E-state index in [2.05, 4.69) is 11.6 Å². The Hall–Kier alpha value is -4.31. The van der Waals surface area contributed by atoms with Gasteiger partial charge in [0.2, 0.25) is 0 Å². The summed E-state index contributed by atoms with van der Waals surface area (Å²) in [5, 5.41) is 11.4. The predicted octanol–water partition coefficient (Wildman–Crippen LogP) is 5.66. The molecule has 39 heavy (non-hydrogen) atoms. The van der Waals surface area contributed by atoms with Gasteiger partial charge >= 0.3 is 11.9 Å². The van der Waals surface area contributed by atoms with Crippen LogP contribution in [0.3, 0.4) is 0 Å². The quantitative estimate of drug-likeness (QED) is 0.121. The maximum atomic E-state index is 15.2. The van der Waals surface area contributed by atoms with Gasteiger partial charge < -0.3 is 14.6 Å².